The van der Waals surface area contributed by atoms with Crippen LogP contribution < -0.4 is 10.6 Å². The molecule has 1 aliphatic rings. The van der Waals surface area contributed by atoms with Crippen molar-refractivity contribution in [3.05, 3.63) is 47.9 Å². The summed E-state index contributed by atoms with van der Waals surface area (Å²) in [6, 6.07) is 9.08. The van der Waals surface area contributed by atoms with Crippen molar-refractivity contribution in [3.63, 3.8) is 0 Å². The van der Waals surface area contributed by atoms with E-state index < -0.39 is 0 Å². The van der Waals surface area contributed by atoms with Crippen LogP contribution in [0.3, 0.4) is 0 Å². The summed E-state index contributed by atoms with van der Waals surface area (Å²) in [5.74, 6) is 1.42. The van der Waals surface area contributed by atoms with E-state index in [0.29, 0.717) is 24.1 Å². The molecule has 0 bridgehead atoms. The first-order valence-electron chi connectivity index (χ1n) is 7.52. The molecule has 2 aromatic rings. The van der Waals surface area contributed by atoms with Crippen molar-refractivity contribution in [1.29, 1.82) is 0 Å². The van der Waals surface area contributed by atoms with Gasteiger partial charge in [0.1, 0.15) is 5.76 Å². The lowest BCUT2D eigenvalue weighted by Gasteiger charge is -2.14. The van der Waals surface area contributed by atoms with Gasteiger partial charge in [0.15, 0.2) is 0 Å². The van der Waals surface area contributed by atoms with Crippen LogP contribution in [0, 0.1) is 0 Å². The molecule has 2 heterocycles. The number of nitrogens with one attached hydrogen (secondary N) is 2. The van der Waals surface area contributed by atoms with E-state index in [1.165, 1.54) is 0 Å². The molecule has 2 N–H and O–H groups in total. The van der Waals surface area contributed by atoms with Crippen LogP contribution in [-0.2, 0) is 11.2 Å². The molecule has 23 heavy (non-hydrogen) atoms. The molecule has 1 aromatic heterocycles. The zero-order chi connectivity index (χ0) is 16.2. The van der Waals surface area contributed by atoms with Crippen molar-refractivity contribution in [3.8, 4) is 0 Å². The number of thioether (sulfide) groups is 1. The third-order valence-electron chi connectivity index (χ3n) is 3.57. The standard InChI is InChI=1S/C17H18N2O3S/c1-11(9-13-3-2-7-22-13)18-17(21)12-4-5-15-14(10-12)19-16(20)6-8-23-15/h2-5,7,10-11H,6,8-9H2,1H3,(H,18,21)(H,19,20). The van der Waals surface area contributed by atoms with Gasteiger partial charge in [0.2, 0.25) is 5.91 Å². The third-order valence-corrected chi connectivity index (χ3v) is 4.64. The highest BCUT2D eigenvalue weighted by atomic mass is 32.2. The van der Waals surface area contributed by atoms with Crippen LogP contribution in [0.1, 0.15) is 29.5 Å². The van der Waals surface area contributed by atoms with Crippen LogP contribution in [0.2, 0.25) is 0 Å². The fourth-order valence-electron chi connectivity index (χ4n) is 2.45. The number of fused-ring (bicyclic) bond motifs is 1. The first-order chi connectivity index (χ1) is 11.1. The number of carbonyl (C=O) groups excluding carboxylic acids is 2. The molecule has 6 heteroatoms. The van der Waals surface area contributed by atoms with E-state index >= 15 is 0 Å². The topological polar surface area (TPSA) is 71.3 Å². The summed E-state index contributed by atoms with van der Waals surface area (Å²) in [6.45, 7) is 1.93. The minimum Gasteiger partial charge on any atom is -0.469 e. The Morgan fingerprint density at radius 1 is 1.43 bits per heavy atom. The van der Waals surface area contributed by atoms with Gasteiger partial charge in [0.25, 0.3) is 5.91 Å². The summed E-state index contributed by atoms with van der Waals surface area (Å²) in [4.78, 5) is 25.0. The summed E-state index contributed by atoms with van der Waals surface area (Å²) < 4.78 is 5.29. The van der Waals surface area contributed by atoms with Crippen molar-refractivity contribution in [2.45, 2.75) is 30.7 Å². The van der Waals surface area contributed by atoms with Crippen LogP contribution in [0.25, 0.3) is 0 Å². The van der Waals surface area contributed by atoms with Crippen LogP contribution in [-0.4, -0.2) is 23.6 Å². The monoisotopic (exact) mass is 330 g/mol. The van der Waals surface area contributed by atoms with Gasteiger partial charge < -0.3 is 15.1 Å². The molecule has 1 unspecified atom stereocenters. The molecule has 0 saturated carbocycles. The first kappa shape index (κ1) is 15.7. The lowest BCUT2D eigenvalue weighted by atomic mass is 10.1. The predicted molar refractivity (Wildman–Crippen MR) is 89.8 cm³/mol. The molecule has 0 saturated heterocycles. The lowest BCUT2D eigenvalue weighted by molar-refractivity contribution is -0.115. The normalized spacial score (nSPS) is 15.3. The zero-order valence-electron chi connectivity index (χ0n) is 12.8. The van der Waals surface area contributed by atoms with Gasteiger partial charge in [-0.25, -0.2) is 0 Å². The van der Waals surface area contributed by atoms with Crippen LogP contribution in [0.5, 0.6) is 0 Å². The molecule has 120 valence electrons. The maximum absolute atomic E-state index is 12.4. The predicted octanol–water partition coefficient (Wildman–Crippen LogP) is 3.07. The molecular weight excluding hydrogens is 312 g/mol. The molecule has 3 rings (SSSR count). The van der Waals surface area contributed by atoms with Crippen molar-refractivity contribution >= 4 is 29.3 Å². The molecule has 0 fully saturated rings. The maximum atomic E-state index is 12.4. The zero-order valence-corrected chi connectivity index (χ0v) is 13.6. The number of anilines is 1. The summed E-state index contributed by atoms with van der Waals surface area (Å²) in [7, 11) is 0. The Kier molecular flexibility index (Phi) is 4.71. The number of hydrogen-bond donors (Lipinski definition) is 2. The highest BCUT2D eigenvalue weighted by molar-refractivity contribution is 7.99. The Morgan fingerprint density at radius 2 is 2.30 bits per heavy atom. The largest absolute Gasteiger partial charge is 0.469 e. The highest BCUT2D eigenvalue weighted by Gasteiger charge is 2.17. The van der Waals surface area contributed by atoms with Gasteiger partial charge in [0.05, 0.1) is 12.0 Å². The summed E-state index contributed by atoms with van der Waals surface area (Å²) in [6.07, 6.45) is 2.74. The van der Waals surface area contributed by atoms with Gasteiger partial charge in [0, 0.05) is 35.1 Å². The average Bonchev–Trinajstić information content (AvgIpc) is 2.93. The quantitative estimate of drug-likeness (QED) is 0.904. The molecule has 1 atom stereocenters. The van der Waals surface area contributed by atoms with Gasteiger partial charge in [-0.05, 0) is 37.3 Å². The van der Waals surface area contributed by atoms with Gasteiger partial charge >= 0.3 is 0 Å². The van der Waals surface area contributed by atoms with Gasteiger partial charge in [-0.3, -0.25) is 9.59 Å². The lowest BCUT2D eigenvalue weighted by Crippen LogP contribution is -2.34. The van der Waals surface area contributed by atoms with E-state index in [1.807, 2.05) is 25.1 Å². The summed E-state index contributed by atoms with van der Waals surface area (Å²) in [5.41, 5.74) is 1.25. The van der Waals surface area contributed by atoms with E-state index in [4.69, 9.17) is 4.42 Å². The van der Waals surface area contributed by atoms with Gasteiger partial charge in [-0.15, -0.1) is 11.8 Å². The summed E-state index contributed by atoms with van der Waals surface area (Å²) >= 11 is 1.62. The van der Waals surface area contributed by atoms with Crippen molar-refractivity contribution in [2.24, 2.45) is 0 Å². The number of amides is 2. The smallest absolute Gasteiger partial charge is 0.251 e. The molecule has 2 amide bonds. The Hall–Kier alpha value is -2.21. The Labute approximate surface area is 138 Å². The summed E-state index contributed by atoms with van der Waals surface area (Å²) in [5, 5.41) is 5.80. The minimum absolute atomic E-state index is 0.0139. The number of benzene rings is 1. The average molecular weight is 330 g/mol. The van der Waals surface area contributed by atoms with Gasteiger partial charge in [-0.1, -0.05) is 0 Å². The molecule has 1 aliphatic heterocycles. The SMILES string of the molecule is CC(Cc1ccco1)NC(=O)c1ccc2c(c1)NC(=O)CCS2. The molecule has 1 aromatic carbocycles. The Morgan fingerprint density at radius 3 is 3.09 bits per heavy atom. The second-order valence-corrected chi connectivity index (χ2v) is 6.65. The Bertz CT molecular complexity index is 713. The molecular formula is C17H18N2O3S. The fraction of sp³-hybridized carbons (Fsp3) is 0.294. The molecule has 0 radical (unpaired) electrons. The van der Waals surface area contributed by atoms with E-state index in [1.54, 1.807) is 30.2 Å². The third kappa shape index (κ3) is 3.96. The van der Waals surface area contributed by atoms with Crippen LogP contribution in [0.15, 0.2) is 45.9 Å². The van der Waals surface area contributed by atoms with Crippen molar-refractivity contribution < 1.29 is 14.0 Å². The highest BCUT2D eigenvalue weighted by Crippen LogP contribution is 2.31. The van der Waals surface area contributed by atoms with E-state index in [-0.39, 0.29) is 17.9 Å². The molecule has 0 spiro atoms. The van der Waals surface area contributed by atoms with E-state index in [9.17, 15) is 9.59 Å². The second-order valence-electron chi connectivity index (χ2n) is 5.52. The fourth-order valence-corrected chi connectivity index (χ4v) is 3.39. The van der Waals surface area contributed by atoms with Gasteiger partial charge in [-0.2, -0.15) is 0 Å². The Balaban J connectivity index is 1.68. The molecule has 0 aliphatic carbocycles. The number of hydrogen-bond acceptors (Lipinski definition) is 4. The van der Waals surface area contributed by atoms with Crippen molar-refractivity contribution in [2.75, 3.05) is 11.1 Å². The second kappa shape index (κ2) is 6.91. The van der Waals surface area contributed by atoms with E-state index in [0.717, 1.165) is 16.4 Å². The van der Waals surface area contributed by atoms with Crippen LogP contribution in [0.4, 0.5) is 5.69 Å². The maximum Gasteiger partial charge on any atom is 0.251 e. The van der Waals surface area contributed by atoms with E-state index in [2.05, 4.69) is 10.6 Å². The van der Waals surface area contributed by atoms with Crippen molar-refractivity contribution in [1.82, 2.24) is 5.32 Å². The number of rotatable bonds is 4. The minimum atomic E-state index is -0.157. The molecule has 5 nitrogen and oxygen atoms in total. The first-order valence-corrected chi connectivity index (χ1v) is 8.50. The van der Waals surface area contributed by atoms with Crippen LogP contribution >= 0.6 is 11.8 Å². The number of carbonyl (C=O) groups is 2. The number of furan rings is 1.